The molecule has 0 saturated carbocycles. The normalized spacial score (nSPS) is 25.3. The van der Waals surface area contributed by atoms with E-state index in [1.807, 2.05) is 56.3 Å². The number of methoxy groups -OCH3 is 1. The van der Waals surface area contributed by atoms with E-state index in [1.165, 1.54) is 7.11 Å². The van der Waals surface area contributed by atoms with E-state index >= 15 is 0 Å². The first-order valence-electron chi connectivity index (χ1n) is 7.57. The average molecular weight is 301 g/mol. The average Bonchev–Trinajstić information content (AvgIpc) is 2.55. The molecule has 1 amide bonds. The third-order valence-electron chi connectivity index (χ3n) is 4.50. The minimum Gasteiger partial charge on any atom is -0.469 e. The minimum atomic E-state index is -0.773. The van der Waals surface area contributed by atoms with Crippen LogP contribution in [0.5, 0.6) is 0 Å². The molecule has 0 radical (unpaired) electrons. The van der Waals surface area contributed by atoms with Crippen molar-refractivity contribution < 1.29 is 14.3 Å². The van der Waals surface area contributed by atoms with Gasteiger partial charge in [0.1, 0.15) is 0 Å². The standard InChI is InChI=1S/C18H23NO3/c1-13(14-9-5-4-6-10-14)19-17(21)18(2)12-8-7-11-15(18)16(20)22-3/h4-10,13,15H,11-12H2,1-3H3,(H,19,21)/t13-,15+,18-/m0/s1. The third kappa shape index (κ3) is 3.21. The quantitative estimate of drug-likeness (QED) is 0.687. The van der Waals surface area contributed by atoms with Crippen LogP contribution in [0, 0.1) is 11.3 Å². The van der Waals surface area contributed by atoms with Gasteiger partial charge in [0, 0.05) is 0 Å². The maximum Gasteiger partial charge on any atom is 0.310 e. The van der Waals surface area contributed by atoms with Gasteiger partial charge in [0.25, 0.3) is 0 Å². The molecule has 1 aromatic carbocycles. The Morgan fingerprint density at radius 1 is 1.27 bits per heavy atom. The maximum absolute atomic E-state index is 12.8. The molecular formula is C18H23NO3. The highest BCUT2D eigenvalue weighted by molar-refractivity contribution is 5.89. The lowest BCUT2D eigenvalue weighted by atomic mass is 9.69. The minimum absolute atomic E-state index is 0.102. The van der Waals surface area contributed by atoms with Gasteiger partial charge >= 0.3 is 5.97 Å². The number of hydrogen-bond donors (Lipinski definition) is 1. The van der Waals surface area contributed by atoms with Crippen molar-refractivity contribution in [1.29, 1.82) is 0 Å². The molecule has 0 heterocycles. The van der Waals surface area contributed by atoms with Crippen LogP contribution in [0.4, 0.5) is 0 Å². The first-order valence-corrected chi connectivity index (χ1v) is 7.57. The lowest BCUT2D eigenvalue weighted by Gasteiger charge is -2.36. The van der Waals surface area contributed by atoms with Crippen molar-refractivity contribution in [2.45, 2.75) is 32.7 Å². The van der Waals surface area contributed by atoms with Crippen molar-refractivity contribution in [3.63, 3.8) is 0 Å². The molecule has 118 valence electrons. The van der Waals surface area contributed by atoms with E-state index in [9.17, 15) is 9.59 Å². The zero-order chi connectivity index (χ0) is 16.2. The Morgan fingerprint density at radius 3 is 2.59 bits per heavy atom. The second kappa shape index (κ2) is 6.77. The molecule has 1 N–H and O–H groups in total. The van der Waals surface area contributed by atoms with E-state index in [4.69, 9.17) is 4.74 Å². The Balaban J connectivity index is 2.15. The Kier molecular flexibility index (Phi) is 5.01. The van der Waals surface area contributed by atoms with E-state index in [0.717, 1.165) is 5.56 Å². The van der Waals surface area contributed by atoms with Gasteiger partial charge in [-0.1, -0.05) is 42.5 Å². The summed E-state index contributed by atoms with van der Waals surface area (Å²) in [7, 11) is 1.37. The second-order valence-corrected chi connectivity index (χ2v) is 6.01. The van der Waals surface area contributed by atoms with Crippen LogP contribution in [-0.4, -0.2) is 19.0 Å². The maximum atomic E-state index is 12.8. The first-order chi connectivity index (χ1) is 10.5. The van der Waals surface area contributed by atoms with E-state index in [0.29, 0.717) is 12.8 Å². The number of carbonyl (C=O) groups is 2. The summed E-state index contributed by atoms with van der Waals surface area (Å²) in [6, 6.07) is 9.69. The van der Waals surface area contributed by atoms with E-state index in [-0.39, 0.29) is 17.9 Å². The van der Waals surface area contributed by atoms with Crippen LogP contribution < -0.4 is 5.32 Å². The molecule has 0 saturated heterocycles. The predicted molar refractivity (Wildman–Crippen MR) is 85.0 cm³/mol. The van der Waals surface area contributed by atoms with Crippen molar-refractivity contribution in [3.8, 4) is 0 Å². The number of amides is 1. The highest BCUT2D eigenvalue weighted by Gasteiger charge is 2.46. The molecule has 1 aliphatic rings. The molecule has 0 aromatic heterocycles. The molecule has 22 heavy (non-hydrogen) atoms. The van der Waals surface area contributed by atoms with Gasteiger partial charge in [-0.25, -0.2) is 0 Å². The number of esters is 1. The summed E-state index contributed by atoms with van der Waals surface area (Å²) in [6.45, 7) is 3.79. The molecule has 1 aliphatic carbocycles. The summed E-state index contributed by atoms with van der Waals surface area (Å²) in [5, 5.41) is 3.03. The number of nitrogens with one attached hydrogen (secondary N) is 1. The molecule has 0 fully saturated rings. The zero-order valence-corrected chi connectivity index (χ0v) is 13.3. The van der Waals surface area contributed by atoms with Gasteiger partial charge in [-0.05, 0) is 32.3 Å². The molecule has 3 atom stereocenters. The summed E-state index contributed by atoms with van der Waals surface area (Å²) in [6.07, 6.45) is 4.99. The predicted octanol–water partition coefficient (Wildman–Crippen LogP) is 3.01. The van der Waals surface area contributed by atoms with Gasteiger partial charge in [-0.15, -0.1) is 0 Å². The SMILES string of the molecule is COC(=O)[C@H]1CC=CC[C@]1(C)C(=O)N[C@@H](C)c1ccccc1. The van der Waals surface area contributed by atoms with Crippen molar-refractivity contribution in [2.75, 3.05) is 7.11 Å². The van der Waals surface area contributed by atoms with Gasteiger partial charge in [-0.2, -0.15) is 0 Å². The molecule has 2 rings (SSSR count). The summed E-state index contributed by atoms with van der Waals surface area (Å²) in [5.41, 5.74) is 0.269. The van der Waals surface area contributed by atoms with Crippen LogP contribution >= 0.6 is 0 Å². The number of rotatable bonds is 4. The van der Waals surface area contributed by atoms with Crippen molar-refractivity contribution in [2.24, 2.45) is 11.3 Å². The Labute approximate surface area is 131 Å². The summed E-state index contributed by atoms with van der Waals surface area (Å²) in [5.74, 6) is -0.872. The van der Waals surface area contributed by atoms with E-state index in [2.05, 4.69) is 5.32 Å². The van der Waals surface area contributed by atoms with E-state index in [1.54, 1.807) is 0 Å². The van der Waals surface area contributed by atoms with Gasteiger partial charge in [0.2, 0.25) is 5.91 Å². The van der Waals surface area contributed by atoms with Crippen LogP contribution in [0.3, 0.4) is 0 Å². The largest absolute Gasteiger partial charge is 0.469 e. The fourth-order valence-electron chi connectivity index (χ4n) is 2.90. The monoisotopic (exact) mass is 301 g/mol. The lowest BCUT2D eigenvalue weighted by molar-refractivity contribution is -0.155. The first kappa shape index (κ1) is 16.3. The molecule has 0 bridgehead atoms. The number of benzene rings is 1. The fourth-order valence-corrected chi connectivity index (χ4v) is 2.90. The highest BCUT2D eigenvalue weighted by Crippen LogP contribution is 2.39. The molecule has 4 nitrogen and oxygen atoms in total. The molecular weight excluding hydrogens is 278 g/mol. The third-order valence-corrected chi connectivity index (χ3v) is 4.50. The van der Waals surface area contributed by atoms with Gasteiger partial charge in [0.15, 0.2) is 0 Å². The van der Waals surface area contributed by atoms with Gasteiger partial charge < -0.3 is 10.1 Å². The van der Waals surface area contributed by atoms with Crippen LogP contribution in [0.15, 0.2) is 42.5 Å². The van der Waals surface area contributed by atoms with Crippen molar-refractivity contribution >= 4 is 11.9 Å². The molecule has 0 spiro atoms. The van der Waals surface area contributed by atoms with Gasteiger partial charge in [-0.3, -0.25) is 9.59 Å². The molecule has 1 aromatic rings. The van der Waals surface area contributed by atoms with E-state index < -0.39 is 11.3 Å². The molecule has 0 aliphatic heterocycles. The second-order valence-electron chi connectivity index (χ2n) is 6.01. The number of ether oxygens (including phenoxy) is 1. The smallest absolute Gasteiger partial charge is 0.310 e. The number of hydrogen-bond acceptors (Lipinski definition) is 3. The topological polar surface area (TPSA) is 55.4 Å². The lowest BCUT2D eigenvalue weighted by Crippen LogP contribution is -2.48. The number of carbonyl (C=O) groups excluding carboxylic acids is 2. The van der Waals surface area contributed by atoms with Crippen LogP contribution in [0.1, 0.15) is 38.3 Å². The summed E-state index contributed by atoms with van der Waals surface area (Å²) in [4.78, 5) is 24.8. The highest BCUT2D eigenvalue weighted by atomic mass is 16.5. The summed E-state index contributed by atoms with van der Waals surface area (Å²) >= 11 is 0. The van der Waals surface area contributed by atoms with Crippen LogP contribution in [0.25, 0.3) is 0 Å². The van der Waals surface area contributed by atoms with Crippen molar-refractivity contribution in [3.05, 3.63) is 48.0 Å². The Morgan fingerprint density at radius 2 is 1.95 bits per heavy atom. The fraction of sp³-hybridized carbons (Fsp3) is 0.444. The summed E-state index contributed by atoms with van der Waals surface area (Å²) < 4.78 is 4.87. The Bertz CT molecular complexity index is 567. The van der Waals surface area contributed by atoms with Gasteiger partial charge in [0.05, 0.1) is 24.5 Å². The molecule has 0 unspecified atom stereocenters. The van der Waals surface area contributed by atoms with Crippen LogP contribution in [-0.2, 0) is 14.3 Å². The van der Waals surface area contributed by atoms with Crippen LogP contribution in [0.2, 0.25) is 0 Å². The zero-order valence-electron chi connectivity index (χ0n) is 13.3. The van der Waals surface area contributed by atoms with Crippen molar-refractivity contribution in [1.82, 2.24) is 5.32 Å². The number of allylic oxidation sites excluding steroid dienone is 2. The Hall–Kier alpha value is -2.10. The molecule has 4 heteroatoms.